The van der Waals surface area contributed by atoms with Gasteiger partial charge >= 0.3 is 0 Å². The molecule has 7 heteroatoms. The molecule has 1 saturated carbocycles. The lowest BCUT2D eigenvalue weighted by Gasteiger charge is -2.38. The molecule has 1 aromatic heterocycles. The minimum absolute atomic E-state index is 0. The minimum Gasteiger partial charge on any atom is -0.392 e. The highest BCUT2D eigenvalue weighted by Gasteiger charge is 2.35. The zero-order valence-electron chi connectivity index (χ0n) is 14.3. The number of aryl methyl sites for hydroxylation is 1. The molecule has 1 heterocycles. The van der Waals surface area contributed by atoms with Gasteiger partial charge in [0.05, 0.1) is 12.6 Å². The van der Waals surface area contributed by atoms with Crippen LogP contribution >= 0.6 is 35.3 Å². The molecular formula is C16H29IN4OS. The Hall–Kier alpha value is -0.410. The van der Waals surface area contributed by atoms with Gasteiger partial charge < -0.3 is 15.7 Å². The lowest BCUT2D eigenvalue weighted by atomic mass is 9.73. The van der Waals surface area contributed by atoms with Gasteiger partial charge in [0.2, 0.25) is 0 Å². The van der Waals surface area contributed by atoms with Gasteiger partial charge in [-0.25, -0.2) is 9.98 Å². The highest BCUT2D eigenvalue weighted by molar-refractivity contribution is 14.0. The van der Waals surface area contributed by atoms with E-state index >= 15 is 0 Å². The van der Waals surface area contributed by atoms with Gasteiger partial charge in [-0.15, -0.1) is 35.3 Å². The molecule has 2 atom stereocenters. The Bertz CT molecular complexity index is 508. The van der Waals surface area contributed by atoms with E-state index < -0.39 is 0 Å². The highest BCUT2D eigenvalue weighted by Crippen LogP contribution is 2.35. The Kier molecular flexibility index (Phi) is 8.78. The number of nitrogens with one attached hydrogen (secondary N) is 2. The predicted molar refractivity (Wildman–Crippen MR) is 108 cm³/mol. The predicted octanol–water partition coefficient (Wildman–Crippen LogP) is 3.07. The van der Waals surface area contributed by atoms with Crippen LogP contribution in [0.1, 0.15) is 49.4 Å². The molecule has 3 N–H and O–H groups in total. The molecule has 1 aliphatic carbocycles. The normalized spacial score (nSPS) is 24.9. The second-order valence-electron chi connectivity index (χ2n) is 6.33. The zero-order valence-corrected chi connectivity index (χ0v) is 17.4. The second-order valence-corrected chi connectivity index (χ2v) is 7.65. The van der Waals surface area contributed by atoms with E-state index in [0.29, 0.717) is 6.54 Å². The summed E-state index contributed by atoms with van der Waals surface area (Å²) in [5, 5.41) is 18.0. The van der Waals surface area contributed by atoms with E-state index in [9.17, 15) is 5.11 Å². The number of thiazole rings is 1. The molecule has 0 bridgehead atoms. The number of rotatable bonds is 5. The molecule has 0 saturated heterocycles. The van der Waals surface area contributed by atoms with Crippen LogP contribution in [-0.2, 0) is 6.54 Å². The molecule has 0 aliphatic heterocycles. The highest BCUT2D eigenvalue weighted by atomic mass is 127. The van der Waals surface area contributed by atoms with Crippen LogP contribution in [0.3, 0.4) is 0 Å². The maximum Gasteiger partial charge on any atom is 0.191 e. The van der Waals surface area contributed by atoms with E-state index in [1.54, 1.807) is 11.3 Å². The first-order valence-electron chi connectivity index (χ1n) is 8.15. The second kappa shape index (κ2) is 9.78. The van der Waals surface area contributed by atoms with Gasteiger partial charge in [-0.3, -0.25) is 0 Å². The van der Waals surface area contributed by atoms with Crippen molar-refractivity contribution in [1.82, 2.24) is 15.6 Å². The van der Waals surface area contributed by atoms with Crippen molar-refractivity contribution in [2.24, 2.45) is 10.4 Å². The van der Waals surface area contributed by atoms with Crippen LogP contribution in [0, 0.1) is 12.3 Å². The molecule has 0 spiro atoms. The van der Waals surface area contributed by atoms with Crippen LogP contribution in [0.25, 0.3) is 0 Å². The summed E-state index contributed by atoms with van der Waals surface area (Å²) >= 11 is 1.68. The van der Waals surface area contributed by atoms with Crippen molar-refractivity contribution in [3.05, 3.63) is 16.1 Å². The number of hydrogen-bond acceptors (Lipinski definition) is 4. The fourth-order valence-corrected chi connectivity index (χ4v) is 3.55. The van der Waals surface area contributed by atoms with E-state index in [0.717, 1.165) is 43.3 Å². The van der Waals surface area contributed by atoms with Gasteiger partial charge in [0.1, 0.15) is 5.01 Å². The van der Waals surface area contributed by atoms with E-state index in [2.05, 4.69) is 41.4 Å². The van der Waals surface area contributed by atoms with Crippen LogP contribution in [0.2, 0.25) is 0 Å². The number of aliphatic imine (C=N–C) groups is 1. The summed E-state index contributed by atoms with van der Waals surface area (Å²) in [5.74, 6) is 0.800. The van der Waals surface area contributed by atoms with Gasteiger partial charge in [0, 0.05) is 29.6 Å². The molecule has 1 aliphatic rings. The monoisotopic (exact) mass is 452 g/mol. The van der Waals surface area contributed by atoms with Gasteiger partial charge in [-0.1, -0.05) is 19.8 Å². The molecule has 2 unspecified atom stereocenters. The van der Waals surface area contributed by atoms with Crippen LogP contribution in [-0.4, -0.2) is 35.2 Å². The van der Waals surface area contributed by atoms with Crippen LogP contribution < -0.4 is 10.6 Å². The first-order valence-corrected chi connectivity index (χ1v) is 8.97. The molecule has 0 radical (unpaired) electrons. The van der Waals surface area contributed by atoms with Crippen LogP contribution in [0.5, 0.6) is 0 Å². The largest absolute Gasteiger partial charge is 0.392 e. The molecule has 0 aromatic carbocycles. The molecule has 5 nitrogen and oxygen atoms in total. The third kappa shape index (κ3) is 6.19. The maximum absolute atomic E-state index is 10.3. The standard InChI is InChI=1S/C16H28N4OS.HI/c1-4-17-15(19-10-14-18-9-12(2)22-14)20-11-16(3)8-6-5-7-13(16)21;/h9,13,21H,4-8,10-11H2,1-3H3,(H2,17,19,20);1H. The van der Waals surface area contributed by atoms with Crippen LogP contribution in [0.15, 0.2) is 11.2 Å². The smallest absolute Gasteiger partial charge is 0.191 e. The van der Waals surface area contributed by atoms with E-state index in [1.807, 2.05) is 6.20 Å². The first kappa shape index (κ1) is 20.6. The van der Waals surface area contributed by atoms with Gasteiger partial charge in [-0.2, -0.15) is 0 Å². The van der Waals surface area contributed by atoms with E-state index in [-0.39, 0.29) is 35.5 Å². The minimum atomic E-state index is -0.224. The number of aliphatic hydroxyl groups excluding tert-OH is 1. The lowest BCUT2D eigenvalue weighted by Crippen LogP contribution is -2.48. The molecule has 132 valence electrons. The van der Waals surface area contributed by atoms with E-state index in [4.69, 9.17) is 0 Å². The average Bonchev–Trinajstić information content (AvgIpc) is 2.91. The van der Waals surface area contributed by atoms with Crippen molar-refractivity contribution in [2.75, 3.05) is 13.1 Å². The molecule has 0 amide bonds. The van der Waals surface area contributed by atoms with Crippen molar-refractivity contribution in [3.8, 4) is 0 Å². The number of aliphatic hydroxyl groups is 1. The van der Waals surface area contributed by atoms with Gasteiger partial charge in [0.15, 0.2) is 5.96 Å². The maximum atomic E-state index is 10.3. The molecule has 23 heavy (non-hydrogen) atoms. The summed E-state index contributed by atoms with van der Waals surface area (Å²) in [5.41, 5.74) is -0.0633. The summed E-state index contributed by atoms with van der Waals surface area (Å²) in [7, 11) is 0. The SMILES string of the molecule is CCNC(=NCc1ncc(C)s1)NCC1(C)CCCCC1O.I. The van der Waals surface area contributed by atoms with Gasteiger partial charge in [0.25, 0.3) is 0 Å². The zero-order chi connectivity index (χ0) is 16.0. The summed E-state index contributed by atoms with van der Waals surface area (Å²) in [6.07, 6.45) is 5.96. The molecule has 2 rings (SSSR count). The fourth-order valence-electron chi connectivity index (χ4n) is 2.84. The third-order valence-electron chi connectivity index (χ3n) is 4.33. The topological polar surface area (TPSA) is 69.5 Å². The van der Waals surface area contributed by atoms with Gasteiger partial charge in [-0.05, 0) is 26.7 Å². The first-order chi connectivity index (χ1) is 10.5. The van der Waals surface area contributed by atoms with Crippen molar-refractivity contribution < 1.29 is 5.11 Å². The number of halogens is 1. The Morgan fingerprint density at radius 3 is 2.87 bits per heavy atom. The Morgan fingerprint density at radius 1 is 1.48 bits per heavy atom. The van der Waals surface area contributed by atoms with Crippen molar-refractivity contribution in [3.63, 3.8) is 0 Å². The third-order valence-corrected chi connectivity index (χ3v) is 5.22. The molecule has 1 aromatic rings. The summed E-state index contributed by atoms with van der Waals surface area (Å²) in [4.78, 5) is 10.1. The number of aromatic nitrogens is 1. The number of guanidine groups is 1. The van der Waals surface area contributed by atoms with Crippen molar-refractivity contribution >= 4 is 41.3 Å². The number of nitrogens with zero attached hydrogens (tertiary/aromatic N) is 2. The Morgan fingerprint density at radius 2 is 2.26 bits per heavy atom. The summed E-state index contributed by atoms with van der Waals surface area (Å²) in [6, 6.07) is 0. The molecular weight excluding hydrogens is 423 g/mol. The Balaban J connectivity index is 0.00000264. The number of hydrogen-bond donors (Lipinski definition) is 3. The average molecular weight is 452 g/mol. The lowest BCUT2D eigenvalue weighted by molar-refractivity contribution is 0.00397. The molecule has 1 fully saturated rings. The van der Waals surface area contributed by atoms with Crippen molar-refractivity contribution in [2.45, 2.75) is 59.1 Å². The quantitative estimate of drug-likeness (QED) is 0.365. The van der Waals surface area contributed by atoms with Crippen molar-refractivity contribution in [1.29, 1.82) is 0 Å². The van der Waals surface area contributed by atoms with E-state index in [1.165, 1.54) is 11.3 Å². The fraction of sp³-hybridized carbons (Fsp3) is 0.750. The van der Waals surface area contributed by atoms with Crippen LogP contribution in [0.4, 0.5) is 0 Å². The summed E-state index contributed by atoms with van der Waals surface area (Å²) in [6.45, 7) is 8.44. The Labute approximate surface area is 160 Å². The summed E-state index contributed by atoms with van der Waals surface area (Å²) < 4.78 is 0.